The molecule has 0 radical (unpaired) electrons. The average Bonchev–Trinajstić information content (AvgIpc) is 3.20. The van der Waals surface area contributed by atoms with E-state index in [0.717, 1.165) is 11.1 Å². The smallest absolute Gasteiger partial charge is 0.240 e. The van der Waals surface area contributed by atoms with Gasteiger partial charge in [0, 0.05) is 13.1 Å². The quantitative estimate of drug-likeness (QED) is 0.835. The third kappa shape index (κ3) is 3.55. The van der Waals surface area contributed by atoms with Crippen molar-refractivity contribution in [3.05, 3.63) is 29.3 Å². The third-order valence-corrected chi connectivity index (χ3v) is 5.29. The first-order valence-corrected chi connectivity index (χ1v) is 8.21. The monoisotopic (exact) mass is 282 g/mol. The number of rotatable bonds is 6. The third-order valence-electron chi connectivity index (χ3n) is 3.87. The highest BCUT2D eigenvalue weighted by molar-refractivity contribution is 7.89. The van der Waals surface area contributed by atoms with Crippen LogP contribution in [0.3, 0.4) is 0 Å². The van der Waals surface area contributed by atoms with E-state index in [-0.39, 0.29) is 0 Å². The summed E-state index contributed by atoms with van der Waals surface area (Å²) >= 11 is 0. The minimum absolute atomic E-state index is 0.324. The Kier molecular flexibility index (Phi) is 4.28. The topological polar surface area (TPSA) is 72.2 Å². The van der Waals surface area contributed by atoms with Crippen LogP contribution < -0.4 is 10.5 Å². The van der Waals surface area contributed by atoms with Crippen LogP contribution in [0.25, 0.3) is 0 Å². The number of sulfonamides is 1. The molecule has 1 atom stereocenters. The van der Waals surface area contributed by atoms with Gasteiger partial charge in [0.05, 0.1) is 4.90 Å². The number of hydrogen-bond acceptors (Lipinski definition) is 3. The van der Waals surface area contributed by atoms with Gasteiger partial charge in [0.1, 0.15) is 0 Å². The lowest BCUT2D eigenvalue weighted by Crippen LogP contribution is -2.29. The minimum atomic E-state index is -3.40. The molecule has 2 rings (SSSR count). The molecule has 0 spiro atoms. The van der Waals surface area contributed by atoms with E-state index in [9.17, 15) is 8.42 Å². The van der Waals surface area contributed by atoms with Crippen LogP contribution in [0.5, 0.6) is 0 Å². The van der Waals surface area contributed by atoms with Crippen molar-refractivity contribution in [3.8, 4) is 0 Å². The van der Waals surface area contributed by atoms with Gasteiger partial charge < -0.3 is 5.73 Å². The number of nitrogens with two attached hydrogens (primary N) is 1. The number of nitrogens with one attached hydrogen (secondary N) is 1. The molecule has 1 aromatic rings. The second-order valence-electron chi connectivity index (χ2n) is 5.46. The number of aryl methyl sites for hydroxylation is 1. The standard InChI is InChI=1S/C14H22N2O2S/c1-10-7-14(6-5-13(10)8-15)19(17,18)16-9-11(2)12-3-4-12/h5-7,11-12,16H,3-4,8-9,15H2,1-2H3. The van der Waals surface area contributed by atoms with Crippen molar-refractivity contribution in [2.24, 2.45) is 17.6 Å². The molecule has 0 saturated heterocycles. The Morgan fingerprint density at radius 2 is 2.11 bits per heavy atom. The van der Waals surface area contributed by atoms with E-state index >= 15 is 0 Å². The van der Waals surface area contributed by atoms with Crippen molar-refractivity contribution in [2.75, 3.05) is 6.54 Å². The van der Waals surface area contributed by atoms with Gasteiger partial charge in [-0.1, -0.05) is 13.0 Å². The summed E-state index contributed by atoms with van der Waals surface area (Å²) in [7, 11) is -3.40. The zero-order valence-electron chi connectivity index (χ0n) is 11.5. The summed E-state index contributed by atoms with van der Waals surface area (Å²) in [6, 6.07) is 5.10. The Hall–Kier alpha value is -0.910. The van der Waals surface area contributed by atoms with Crippen molar-refractivity contribution in [2.45, 2.75) is 38.1 Å². The maximum absolute atomic E-state index is 12.2. The maximum Gasteiger partial charge on any atom is 0.240 e. The fraction of sp³-hybridized carbons (Fsp3) is 0.571. The van der Waals surface area contributed by atoms with Crippen molar-refractivity contribution in [1.82, 2.24) is 4.72 Å². The van der Waals surface area contributed by atoms with Crippen LogP contribution >= 0.6 is 0 Å². The molecule has 0 amide bonds. The van der Waals surface area contributed by atoms with E-state index < -0.39 is 10.0 Å². The van der Waals surface area contributed by atoms with Crippen molar-refractivity contribution < 1.29 is 8.42 Å². The van der Waals surface area contributed by atoms with Crippen LogP contribution in [-0.4, -0.2) is 15.0 Å². The molecule has 1 fully saturated rings. The lowest BCUT2D eigenvalue weighted by atomic mass is 10.1. The molecule has 4 nitrogen and oxygen atoms in total. The highest BCUT2D eigenvalue weighted by Gasteiger charge is 2.28. The Balaban J connectivity index is 2.07. The molecule has 1 aliphatic carbocycles. The largest absolute Gasteiger partial charge is 0.326 e. The Bertz CT molecular complexity index is 551. The van der Waals surface area contributed by atoms with E-state index in [1.165, 1.54) is 12.8 Å². The van der Waals surface area contributed by atoms with Gasteiger partial charge in [0.25, 0.3) is 0 Å². The SMILES string of the molecule is Cc1cc(S(=O)(=O)NCC(C)C2CC2)ccc1CN. The summed E-state index contributed by atoms with van der Waals surface area (Å²) < 4.78 is 27.1. The molecular weight excluding hydrogens is 260 g/mol. The molecular formula is C14H22N2O2S. The van der Waals surface area contributed by atoms with E-state index in [1.807, 2.05) is 6.92 Å². The highest BCUT2D eigenvalue weighted by atomic mass is 32.2. The zero-order valence-corrected chi connectivity index (χ0v) is 12.3. The summed E-state index contributed by atoms with van der Waals surface area (Å²) in [5.41, 5.74) is 7.48. The second-order valence-corrected chi connectivity index (χ2v) is 7.23. The van der Waals surface area contributed by atoms with Gasteiger partial charge in [-0.05, 0) is 54.9 Å². The summed E-state index contributed by atoms with van der Waals surface area (Å²) in [4.78, 5) is 0.324. The van der Waals surface area contributed by atoms with E-state index in [0.29, 0.717) is 29.8 Å². The summed E-state index contributed by atoms with van der Waals surface area (Å²) in [6.07, 6.45) is 2.46. The average molecular weight is 282 g/mol. The van der Waals surface area contributed by atoms with Crippen LogP contribution in [0.1, 0.15) is 30.9 Å². The zero-order chi connectivity index (χ0) is 14.0. The molecule has 1 aromatic carbocycles. The van der Waals surface area contributed by atoms with Gasteiger partial charge in [-0.25, -0.2) is 13.1 Å². The van der Waals surface area contributed by atoms with E-state index in [1.54, 1.807) is 18.2 Å². The maximum atomic E-state index is 12.2. The molecule has 106 valence electrons. The summed E-state index contributed by atoms with van der Waals surface area (Å²) in [5.74, 6) is 1.11. The van der Waals surface area contributed by atoms with Crippen LogP contribution in [0.15, 0.2) is 23.1 Å². The molecule has 5 heteroatoms. The number of hydrogen-bond donors (Lipinski definition) is 2. The van der Waals surface area contributed by atoms with Crippen LogP contribution in [0.2, 0.25) is 0 Å². The fourth-order valence-corrected chi connectivity index (χ4v) is 3.45. The van der Waals surface area contributed by atoms with Crippen molar-refractivity contribution >= 4 is 10.0 Å². The molecule has 0 heterocycles. The Morgan fingerprint density at radius 3 is 2.63 bits per heavy atom. The lowest BCUT2D eigenvalue weighted by molar-refractivity contribution is 0.492. The molecule has 1 aliphatic rings. The van der Waals surface area contributed by atoms with Crippen LogP contribution in [0, 0.1) is 18.8 Å². The second kappa shape index (κ2) is 5.61. The van der Waals surface area contributed by atoms with Gasteiger partial charge in [0.15, 0.2) is 0 Å². The summed E-state index contributed by atoms with van der Waals surface area (Å²) in [5, 5.41) is 0. The fourth-order valence-electron chi connectivity index (χ4n) is 2.22. The van der Waals surface area contributed by atoms with Gasteiger partial charge in [-0.15, -0.1) is 0 Å². The van der Waals surface area contributed by atoms with E-state index in [2.05, 4.69) is 11.6 Å². The number of benzene rings is 1. The predicted molar refractivity (Wildman–Crippen MR) is 76.1 cm³/mol. The summed E-state index contributed by atoms with van der Waals surface area (Å²) in [6.45, 7) is 4.93. The first-order valence-electron chi connectivity index (χ1n) is 6.73. The van der Waals surface area contributed by atoms with Crippen molar-refractivity contribution in [3.63, 3.8) is 0 Å². The molecule has 1 saturated carbocycles. The van der Waals surface area contributed by atoms with Gasteiger partial charge in [-0.2, -0.15) is 0 Å². The van der Waals surface area contributed by atoms with Gasteiger partial charge in [0.2, 0.25) is 10.0 Å². The van der Waals surface area contributed by atoms with Crippen molar-refractivity contribution in [1.29, 1.82) is 0 Å². The Morgan fingerprint density at radius 1 is 1.42 bits per heavy atom. The minimum Gasteiger partial charge on any atom is -0.326 e. The Labute approximate surface area is 115 Å². The molecule has 19 heavy (non-hydrogen) atoms. The predicted octanol–water partition coefficient (Wildman–Crippen LogP) is 1.78. The highest BCUT2D eigenvalue weighted by Crippen LogP contribution is 2.36. The first-order chi connectivity index (χ1) is 8.94. The van der Waals surface area contributed by atoms with Crippen LogP contribution in [-0.2, 0) is 16.6 Å². The normalized spacial score (nSPS) is 17.4. The van der Waals surface area contributed by atoms with Gasteiger partial charge in [-0.3, -0.25) is 0 Å². The molecule has 1 unspecified atom stereocenters. The molecule has 3 N–H and O–H groups in total. The van der Waals surface area contributed by atoms with E-state index in [4.69, 9.17) is 5.73 Å². The van der Waals surface area contributed by atoms with Gasteiger partial charge >= 0.3 is 0 Å². The molecule has 0 bridgehead atoms. The van der Waals surface area contributed by atoms with Crippen LogP contribution in [0.4, 0.5) is 0 Å². The molecule has 0 aromatic heterocycles. The lowest BCUT2D eigenvalue weighted by Gasteiger charge is -2.13. The first kappa shape index (κ1) is 14.5. The molecule has 0 aliphatic heterocycles.